The zero-order valence-electron chi connectivity index (χ0n) is 15.6. The van der Waals surface area contributed by atoms with Crippen LogP contribution in [-0.2, 0) is 12.4 Å². The lowest BCUT2D eigenvalue weighted by atomic mass is 10.1. The van der Waals surface area contributed by atoms with Gasteiger partial charge in [-0.1, -0.05) is 34.8 Å². The summed E-state index contributed by atoms with van der Waals surface area (Å²) in [7, 11) is 0. The average Bonchev–Trinajstić information content (AvgIpc) is 2.69. The van der Waals surface area contributed by atoms with Gasteiger partial charge in [0, 0.05) is 10.6 Å². The summed E-state index contributed by atoms with van der Waals surface area (Å²) in [5.41, 5.74) is -1.37. The molecule has 0 heterocycles. The summed E-state index contributed by atoms with van der Waals surface area (Å²) in [6.45, 7) is 0. The summed E-state index contributed by atoms with van der Waals surface area (Å²) in [5.74, 6) is 0.0741. The largest absolute Gasteiger partial charge is 0.416 e. The molecular formula is C21H11Cl3F6N2. The fourth-order valence-electron chi connectivity index (χ4n) is 2.59. The van der Waals surface area contributed by atoms with Gasteiger partial charge >= 0.3 is 12.4 Å². The van der Waals surface area contributed by atoms with Gasteiger partial charge in [0.05, 0.1) is 32.5 Å². The van der Waals surface area contributed by atoms with Crippen LogP contribution in [0.4, 0.5) is 37.7 Å². The quantitative estimate of drug-likeness (QED) is 0.212. The van der Waals surface area contributed by atoms with Crippen LogP contribution in [0.25, 0.3) is 0 Å². The Morgan fingerprint density at radius 1 is 0.688 bits per heavy atom. The summed E-state index contributed by atoms with van der Waals surface area (Å²) >= 11 is 17.9. The first-order valence-corrected chi connectivity index (χ1v) is 9.83. The molecule has 0 unspecified atom stereocenters. The molecule has 0 radical (unpaired) electrons. The summed E-state index contributed by atoms with van der Waals surface area (Å²) in [6, 6.07) is 11.5. The van der Waals surface area contributed by atoms with E-state index in [1.807, 2.05) is 0 Å². The van der Waals surface area contributed by atoms with Crippen LogP contribution < -0.4 is 5.32 Å². The minimum atomic E-state index is -4.59. The topological polar surface area (TPSA) is 24.4 Å². The molecule has 0 saturated carbocycles. The number of rotatable bonds is 3. The predicted octanol–water partition coefficient (Wildman–Crippen LogP) is 8.87. The van der Waals surface area contributed by atoms with Crippen molar-refractivity contribution in [2.75, 3.05) is 5.32 Å². The normalized spacial score (nSPS) is 12.7. The van der Waals surface area contributed by atoms with Crippen LogP contribution in [0.2, 0.25) is 15.1 Å². The Hall–Kier alpha value is -2.42. The fraction of sp³-hybridized carbons (Fsp3) is 0.0952. The van der Waals surface area contributed by atoms with Crippen LogP contribution in [0, 0.1) is 0 Å². The Bertz CT molecular complexity index is 1160. The SMILES string of the molecule is FC(F)(F)c1ccc(N=C(Nc2ccc(C(F)(F)F)cc2Cl)c2ccc(Cl)cc2)c(Cl)c1. The standard InChI is InChI=1S/C21H11Cl3F6N2/c22-14-5-1-11(2-6-14)19(31-17-7-3-12(9-15(17)23)20(25,26)27)32-18-8-4-13(10-16(18)24)21(28,29)30/h1-10H,(H,31,32). The molecule has 0 saturated heterocycles. The van der Waals surface area contributed by atoms with Crippen molar-refractivity contribution in [3.63, 3.8) is 0 Å². The van der Waals surface area contributed by atoms with Crippen molar-refractivity contribution in [3.05, 3.63) is 92.4 Å². The van der Waals surface area contributed by atoms with Crippen molar-refractivity contribution in [1.82, 2.24) is 0 Å². The smallest absolute Gasteiger partial charge is 0.338 e. The average molecular weight is 512 g/mol. The Morgan fingerprint density at radius 3 is 1.72 bits per heavy atom. The molecule has 3 rings (SSSR count). The van der Waals surface area contributed by atoms with E-state index in [2.05, 4.69) is 10.3 Å². The summed E-state index contributed by atoms with van der Waals surface area (Å²) < 4.78 is 77.4. The third-order valence-corrected chi connectivity index (χ3v) is 5.04. The highest BCUT2D eigenvalue weighted by molar-refractivity contribution is 6.35. The predicted molar refractivity (Wildman–Crippen MR) is 114 cm³/mol. The highest BCUT2D eigenvalue weighted by Crippen LogP contribution is 2.36. The van der Waals surface area contributed by atoms with Gasteiger partial charge in [0.2, 0.25) is 0 Å². The lowest BCUT2D eigenvalue weighted by Crippen LogP contribution is -2.14. The number of amidine groups is 1. The summed E-state index contributed by atoms with van der Waals surface area (Å²) in [4.78, 5) is 4.27. The van der Waals surface area contributed by atoms with E-state index in [-0.39, 0.29) is 27.3 Å². The second-order valence-corrected chi connectivity index (χ2v) is 7.70. The highest BCUT2D eigenvalue weighted by Gasteiger charge is 2.32. The third kappa shape index (κ3) is 5.88. The number of aliphatic imine (C=N–C) groups is 1. The molecule has 0 atom stereocenters. The Labute approximate surface area is 193 Å². The van der Waals surface area contributed by atoms with Crippen LogP contribution in [-0.4, -0.2) is 5.84 Å². The molecule has 3 aromatic carbocycles. The number of nitrogens with zero attached hydrogens (tertiary/aromatic N) is 1. The van der Waals surface area contributed by atoms with Crippen LogP contribution >= 0.6 is 34.8 Å². The number of halogens is 9. The van der Waals surface area contributed by atoms with E-state index in [1.54, 1.807) is 12.1 Å². The maximum atomic E-state index is 12.9. The lowest BCUT2D eigenvalue weighted by Gasteiger charge is -2.15. The van der Waals surface area contributed by atoms with E-state index in [9.17, 15) is 26.3 Å². The maximum Gasteiger partial charge on any atom is 0.416 e. The summed E-state index contributed by atoms with van der Waals surface area (Å²) in [6.07, 6.45) is -9.17. The number of nitrogens with one attached hydrogen (secondary N) is 1. The van der Waals surface area contributed by atoms with Crippen molar-refractivity contribution >= 4 is 52.0 Å². The van der Waals surface area contributed by atoms with Gasteiger partial charge in [-0.05, 0) is 60.7 Å². The van der Waals surface area contributed by atoms with Crippen molar-refractivity contribution in [3.8, 4) is 0 Å². The van der Waals surface area contributed by atoms with Gasteiger partial charge in [-0.25, -0.2) is 4.99 Å². The second kappa shape index (κ2) is 9.21. The van der Waals surface area contributed by atoms with Gasteiger partial charge in [-0.15, -0.1) is 0 Å². The fourth-order valence-corrected chi connectivity index (χ4v) is 3.16. The van der Waals surface area contributed by atoms with Crippen molar-refractivity contribution in [2.45, 2.75) is 12.4 Å². The minimum Gasteiger partial charge on any atom is -0.338 e. The minimum absolute atomic E-state index is 0.000140. The molecule has 0 spiro atoms. The number of hydrogen-bond acceptors (Lipinski definition) is 1. The maximum absolute atomic E-state index is 12.9. The van der Waals surface area contributed by atoms with Crippen LogP contribution in [0.3, 0.4) is 0 Å². The van der Waals surface area contributed by atoms with Crippen LogP contribution in [0.1, 0.15) is 16.7 Å². The molecule has 0 aliphatic rings. The third-order valence-electron chi connectivity index (χ3n) is 4.17. The Kier molecular flexibility index (Phi) is 6.97. The van der Waals surface area contributed by atoms with Gasteiger partial charge < -0.3 is 5.32 Å². The van der Waals surface area contributed by atoms with E-state index in [0.717, 1.165) is 36.4 Å². The van der Waals surface area contributed by atoms with Crippen LogP contribution in [0.15, 0.2) is 65.7 Å². The molecule has 3 aromatic rings. The van der Waals surface area contributed by atoms with Gasteiger partial charge in [0.15, 0.2) is 0 Å². The van der Waals surface area contributed by atoms with Gasteiger partial charge in [-0.3, -0.25) is 0 Å². The number of alkyl halides is 6. The molecule has 0 fully saturated rings. The van der Waals surface area contributed by atoms with Crippen molar-refractivity contribution in [2.24, 2.45) is 4.99 Å². The van der Waals surface area contributed by atoms with E-state index in [4.69, 9.17) is 34.8 Å². The Morgan fingerprint density at radius 2 is 1.22 bits per heavy atom. The van der Waals surface area contributed by atoms with E-state index in [0.29, 0.717) is 10.6 Å². The van der Waals surface area contributed by atoms with Gasteiger partial charge in [-0.2, -0.15) is 26.3 Å². The molecule has 0 aliphatic heterocycles. The van der Waals surface area contributed by atoms with E-state index < -0.39 is 23.5 Å². The molecule has 1 N–H and O–H groups in total. The van der Waals surface area contributed by atoms with Crippen LogP contribution in [0.5, 0.6) is 0 Å². The number of anilines is 1. The van der Waals surface area contributed by atoms with Crippen molar-refractivity contribution < 1.29 is 26.3 Å². The second-order valence-electron chi connectivity index (χ2n) is 6.45. The zero-order valence-corrected chi connectivity index (χ0v) is 17.9. The molecule has 2 nitrogen and oxygen atoms in total. The monoisotopic (exact) mass is 510 g/mol. The number of benzene rings is 3. The molecule has 168 valence electrons. The molecular weight excluding hydrogens is 501 g/mol. The molecule has 11 heteroatoms. The number of hydrogen-bond donors (Lipinski definition) is 1. The first-order chi connectivity index (χ1) is 14.8. The molecule has 32 heavy (non-hydrogen) atoms. The lowest BCUT2D eigenvalue weighted by molar-refractivity contribution is -0.138. The van der Waals surface area contributed by atoms with E-state index in [1.165, 1.54) is 12.1 Å². The van der Waals surface area contributed by atoms with Crippen molar-refractivity contribution in [1.29, 1.82) is 0 Å². The molecule has 0 aliphatic carbocycles. The summed E-state index contributed by atoms with van der Waals surface area (Å²) in [5, 5.41) is 2.71. The van der Waals surface area contributed by atoms with E-state index >= 15 is 0 Å². The first-order valence-electron chi connectivity index (χ1n) is 8.70. The van der Waals surface area contributed by atoms with Gasteiger partial charge in [0.25, 0.3) is 0 Å². The molecule has 0 amide bonds. The highest BCUT2D eigenvalue weighted by atomic mass is 35.5. The molecule has 0 bridgehead atoms. The van der Waals surface area contributed by atoms with Gasteiger partial charge in [0.1, 0.15) is 5.84 Å². The Balaban J connectivity index is 2.05. The molecule has 0 aromatic heterocycles. The first kappa shape index (κ1) is 24.2. The zero-order chi connectivity index (χ0) is 23.7.